The van der Waals surface area contributed by atoms with Gasteiger partial charge in [0.05, 0.1) is 11.9 Å². The number of aryl methyl sites for hydroxylation is 1. The summed E-state index contributed by atoms with van der Waals surface area (Å²) in [5, 5.41) is 14.4. The van der Waals surface area contributed by atoms with Gasteiger partial charge in [0.1, 0.15) is 29.3 Å². The molecular weight excluding hydrogens is 409 g/mol. The molecular formula is C24H23N3OPS+. The number of nitrogens with one attached hydrogen (secondary N) is 1. The van der Waals surface area contributed by atoms with Crippen LogP contribution < -0.4 is 15.9 Å². The van der Waals surface area contributed by atoms with Gasteiger partial charge in [0, 0.05) is 12.2 Å². The van der Waals surface area contributed by atoms with E-state index < -0.39 is 7.26 Å². The van der Waals surface area contributed by atoms with Crippen LogP contribution in [0.3, 0.4) is 0 Å². The average Bonchev–Trinajstić information content (AvgIpc) is 3.33. The lowest BCUT2D eigenvalue weighted by atomic mass is 10.4. The second kappa shape index (κ2) is 9.84. The van der Waals surface area contributed by atoms with Crippen LogP contribution in [-0.2, 0) is 11.2 Å². The number of aromatic nitrogens is 3. The van der Waals surface area contributed by atoms with E-state index in [4.69, 9.17) is 0 Å². The normalized spacial score (nSPS) is 11.3. The Kier molecular flexibility index (Phi) is 6.73. The number of hydrogen-bond acceptors (Lipinski definition) is 4. The first-order valence-electron chi connectivity index (χ1n) is 9.84. The lowest BCUT2D eigenvalue weighted by Crippen LogP contribution is -2.35. The Labute approximate surface area is 181 Å². The highest BCUT2D eigenvalue weighted by Crippen LogP contribution is 2.55. The van der Waals surface area contributed by atoms with E-state index in [2.05, 4.69) is 88.2 Å². The van der Waals surface area contributed by atoms with Gasteiger partial charge < -0.3 is 0 Å². The van der Waals surface area contributed by atoms with Gasteiger partial charge in [0.25, 0.3) is 0 Å². The number of hydrogen-bond donors (Lipinski definition) is 1. The van der Waals surface area contributed by atoms with E-state index in [0.29, 0.717) is 11.9 Å². The van der Waals surface area contributed by atoms with Crippen molar-refractivity contribution in [3.8, 4) is 0 Å². The summed E-state index contributed by atoms with van der Waals surface area (Å²) in [7, 11) is -2.11. The third-order valence-corrected chi connectivity index (χ3v) is 10.4. The van der Waals surface area contributed by atoms with Gasteiger partial charge in [-0.15, -0.1) is 0 Å². The number of H-pyrrole nitrogens is 1. The minimum Gasteiger partial charge on any atom is -0.283 e. The summed E-state index contributed by atoms with van der Waals surface area (Å²) in [5.41, 5.74) is 0.880. The number of nitrogens with zero attached hydrogens (tertiary/aromatic N) is 2. The fraction of sp³-hybridized carbons (Fsp3) is 0.125. The van der Waals surface area contributed by atoms with Gasteiger partial charge in [0.2, 0.25) is 5.12 Å². The summed E-state index contributed by atoms with van der Waals surface area (Å²) in [4.78, 5) is 13.3. The number of rotatable bonds is 8. The quantitative estimate of drug-likeness (QED) is 0.432. The number of carbonyl (C=O) groups is 1. The molecule has 0 saturated carbocycles. The number of aromatic amines is 1. The molecule has 3 aromatic carbocycles. The van der Waals surface area contributed by atoms with Crippen molar-refractivity contribution < 1.29 is 4.79 Å². The van der Waals surface area contributed by atoms with Crippen molar-refractivity contribution in [1.29, 1.82) is 0 Å². The molecule has 0 saturated heterocycles. The zero-order valence-electron chi connectivity index (χ0n) is 16.5. The molecule has 0 spiro atoms. The van der Waals surface area contributed by atoms with Crippen LogP contribution >= 0.6 is 19.0 Å². The predicted octanol–water partition coefficient (Wildman–Crippen LogP) is 3.60. The molecule has 4 nitrogen and oxygen atoms in total. The number of benzene rings is 3. The first-order valence-corrected chi connectivity index (χ1v) is 12.8. The van der Waals surface area contributed by atoms with Crippen LogP contribution in [0.25, 0.3) is 0 Å². The van der Waals surface area contributed by atoms with E-state index in [-0.39, 0.29) is 5.12 Å². The molecule has 0 unspecified atom stereocenters. The van der Waals surface area contributed by atoms with Crippen molar-refractivity contribution >= 4 is 40.1 Å². The van der Waals surface area contributed by atoms with Gasteiger partial charge >= 0.3 is 0 Å². The Balaban J connectivity index is 1.70. The van der Waals surface area contributed by atoms with E-state index in [0.717, 1.165) is 12.1 Å². The minimum atomic E-state index is -2.11. The fourth-order valence-electron chi connectivity index (χ4n) is 3.62. The van der Waals surface area contributed by atoms with Gasteiger partial charge in [0.15, 0.2) is 0 Å². The van der Waals surface area contributed by atoms with E-state index in [9.17, 15) is 4.79 Å². The maximum absolute atomic E-state index is 13.3. The summed E-state index contributed by atoms with van der Waals surface area (Å²) in [6.07, 6.45) is 2.93. The van der Waals surface area contributed by atoms with Crippen LogP contribution in [0.5, 0.6) is 0 Å². The SMILES string of the molecule is O=C(C[P+](c1ccccc1)(c1ccccc1)c1ccccc1)SCCc1cn[nH]n1. The molecule has 0 bridgehead atoms. The van der Waals surface area contributed by atoms with Gasteiger partial charge in [-0.3, -0.25) is 4.79 Å². The molecule has 1 N–H and O–H groups in total. The monoisotopic (exact) mass is 432 g/mol. The van der Waals surface area contributed by atoms with Gasteiger partial charge in [-0.25, -0.2) is 0 Å². The van der Waals surface area contributed by atoms with Crippen LogP contribution in [0, 0.1) is 0 Å². The molecule has 0 fully saturated rings. The molecule has 0 aliphatic rings. The van der Waals surface area contributed by atoms with E-state index >= 15 is 0 Å². The van der Waals surface area contributed by atoms with Crippen molar-refractivity contribution in [3.05, 3.63) is 103 Å². The van der Waals surface area contributed by atoms with E-state index in [1.807, 2.05) is 18.2 Å². The Morgan fingerprint density at radius 1 is 0.800 bits per heavy atom. The zero-order valence-corrected chi connectivity index (χ0v) is 18.2. The Morgan fingerprint density at radius 2 is 1.30 bits per heavy atom. The molecule has 0 radical (unpaired) electrons. The average molecular weight is 433 g/mol. The molecule has 6 heteroatoms. The molecule has 1 aromatic heterocycles. The van der Waals surface area contributed by atoms with E-state index in [1.54, 1.807) is 6.20 Å². The van der Waals surface area contributed by atoms with Gasteiger partial charge in [-0.1, -0.05) is 66.4 Å². The van der Waals surface area contributed by atoms with Crippen molar-refractivity contribution in [2.24, 2.45) is 0 Å². The molecule has 150 valence electrons. The zero-order chi connectivity index (χ0) is 20.7. The summed E-state index contributed by atoms with van der Waals surface area (Å²) in [5.74, 6) is 0.698. The first-order chi connectivity index (χ1) is 14.8. The summed E-state index contributed by atoms with van der Waals surface area (Å²) in [6.45, 7) is 0. The minimum absolute atomic E-state index is 0.211. The standard InChI is InChI=1S/C24H23N3OPS/c28-24(30-17-16-20-18-25-27-26-20)19-29(21-10-4-1-5-11-21,22-12-6-2-7-13-22)23-14-8-3-9-15-23/h1-15,18H,16-17,19H2,(H,25,26,27)/q+1. The molecule has 0 atom stereocenters. The van der Waals surface area contributed by atoms with Crippen molar-refractivity contribution in [3.63, 3.8) is 0 Å². The van der Waals surface area contributed by atoms with Crippen molar-refractivity contribution in [2.45, 2.75) is 6.42 Å². The Bertz CT molecular complexity index is 961. The molecule has 30 heavy (non-hydrogen) atoms. The van der Waals surface area contributed by atoms with Crippen molar-refractivity contribution in [1.82, 2.24) is 15.4 Å². The maximum Gasteiger partial charge on any atom is 0.227 e. The fourth-order valence-corrected chi connectivity index (χ4v) is 8.98. The van der Waals surface area contributed by atoms with Crippen LogP contribution in [0.1, 0.15) is 5.69 Å². The lowest BCUT2D eigenvalue weighted by Gasteiger charge is -2.26. The highest BCUT2D eigenvalue weighted by atomic mass is 32.2. The maximum atomic E-state index is 13.3. The Morgan fingerprint density at radius 3 is 1.73 bits per heavy atom. The molecule has 0 aliphatic carbocycles. The summed E-state index contributed by atoms with van der Waals surface area (Å²) in [6, 6.07) is 31.5. The van der Waals surface area contributed by atoms with Crippen LogP contribution in [-0.4, -0.2) is 32.4 Å². The lowest BCUT2D eigenvalue weighted by molar-refractivity contribution is -0.108. The molecule has 0 aliphatic heterocycles. The van der Waals surface area contributed by atoms with Gasteiger partial charge in [-0.2, -0.15) is 15.4 Å². The number of carbonyl (C=O) groups excluding carboxylic acids is 1. The highest BCUT2D eigenvalue weighted by molar-refractivity contribution is 8.15. The molecule has 4 aromatic rings. The summed E-state index contributed by atoms with van der Waals surface area (Å²) >= 11 is 1.39. The van der Waals surface area contributed by atoms with Gasteiger partial charge in [-0.05, 0) is 36.4 Å². The first kappa shape index (κ1) is 20.5. The van der Waals surface area contributed by atoms with Crippen LogP contribution in [0.2, 0.25) is 0 Å². The second-order valence-electron chi connectivity index (χ2n) is 6.91. The highest BCUT2D eigenvalue weighted by Gasteiger charge is 2.47. The van der Waals surface area contributed by atoms with E-state index in [1.165, 1.54) is 27.7 Å². The topological polar surface area (TPSA) is 58.6 Å². The van der Waals surface area contributed by atoms with Crippen LogP contribution in [0.4, 0.5) is 0 Å². The predicted molar refractivity (Wildman–Crippen MR) is 128 cm³/mol. The Hall–Kier alpha value is -2.75. The van der Waals surface area contributed by atoms with Crippen molar-refractivity contribution in [2.75, 3.05) is 11.9 Å². The van der Waals surface area contributed by atoms with Crippen LogP contribution in [0.15, 0.2) is 97.2 Å². The second-order valence-corrected chi connectivity index (χ2v) is 11.5. The third-order valence-electron chi connectivity index (χ3n) is 5.04. The summed E-state index contributed by atoms with van der Waals surface area (Å²) < 4.78 is 0. The third kappa shape index (κ3) is 4.53. The largest absolute Gasteiger partial charge is 0.283 e. The molecule has 1 heterocycles. The molecule has 0 amide bonds. The number of thioether (sulfide) groups is 1. The smallest absolute Gasteiger partial charge is 0.227 e. The molecule has 4 rings (SSSR count).